The van der Waals surface area contributed by atoms with Crippen LogP contribution in [0.1, 0.15) is 51.1 Å². The van der Waals surface area contributed by atoms with Crippen LogP contribution in [0.25, 0.3) is 10.9 Å². The van der Waals surface area contributed by atoms with Crippen LogP contribution in [-0.2, 0) is 39.1 Å². The highest BCUT2D eigenvalue weighted by atomic mass is 35.5. The average molecular weight is 630 g/mol. The van der Waals surface area contributed by atoms with Crippen molar-refractivity contribution in [2.24, 2.45) is 7.05 Å². The fourth-order valence-electron chi connectivity index (χ4n) is 5.01. The smallest absolute Gasteiger partial charge is 0.305 e. The first kappa shape index (κ1) is 30.2. The minimum absolute atomic E-state index is 0.0313. The van der Waals surface area contributed by atoms with Crippen molar-refractivity contribution in [2.75, 3.05) is 25.6 Å². The van der Waals surface area contributed by atoms with Gasteiger partial charge in [-0.25, -0.2) is 4.98 Å². The zero-order chi connectivity index (χ0) is 29.8. The molecule has 12 heteroatoms. The molecule has 1 amide bonds. The van der Waals surface area contributed by atoms with Crippen LogP contribution in [0.2, 0.25) is 10.0 Å². The maximum atomic E-state index is 13.1. The Morgan fingerprint density at radius 2 is 1.98 bits per heavy atom. The van der Waals surface area contributed by atoms with Gasteiger partial charge in [0.05, 0.1) is 35.8 Å². The fourth-order valence-corrected chi connectivity index (χ4v) is 6.53. The van der Waals surface area contributed by atoms with Crippen molar-refractivity contribution >= 4 is 68.8 Å². The number of nitrogens with one attached hydrogen (secondary N) is 1. The van der Waals surface area contributed by atoms with Crippen LogP contribution in [0.15, 0.2) is 48.8 Å². The van der Waals surface area contributed by atoms with Gasteiger partial charge in [-0.1, -0.05) is 41.4 Å². The Morgan fingerprint density at radius 1 is 1.17 bits per heavy atom. The number of aromatic nitrogens is 2. The molecule has 3 heterocycles. The second kappa shape index (κ2) is 13.4. The number of thiazole rings is 1. The molecule has 2 aromatic carbocycles. The molecular weight excluding hydrogens is 599 g/mol. The van der Waals surface area contributed by atoms with E-state index in [1.807, 2.05) is 35.9 Å². The first-order valence-electron chi connectivity index (χ1n) is 13.5. The molecular formula is C30H30Cl2N4O5S. The Hall–Kier alpha value is -3.28. The number of nitrogens with zero attached hydrogens (tertiary/aromatic N) is 3. The number of halogens is 2. The monoisotopic (exact) mass is 628 g/mol. The highest BCUT2D eigenvalue weighted by Gasteiger charge is 2.30. The van der Waals surface area contributed by atoms with Gasteiger partial charge in [0.2, 0.25) is 0 Å². The van der Waals surface area contributed by atoms with E-state index in [1.54, 1.807) is 40.9 Å². The lowest BCUT2D eigenvalue weighted by molar-refractivity contribution is -0.176. The molecule has 1 N–H and O–H groups in total. The maximum absolute atomic E-state index is 13.1. The van der Waals surface area contributed by atoms with Crippen molar-refractivity contribution in [3.63, 3.8) is 0 Å². The van der Waals surface area contributed by atoms with E-state index in [0.717, 1.165) is 33.6 Å². The third-order valence-electron chi connectivity index (χ3n) is 7.17. The van der Waals surface area contributed by atoms with E-state index in [1.165, 1.54) is 7.11 Å². The predicted octanol–water partition coefficient (Wildman–Crippen LogP) is 6.18. The topological polar surface area (TPSA) is 103 Å². The molecule has 1 fully saturated rings. The Bertz CT molecular complexity index is 1640. The van der Waals surface area contributed by atoms with Crippen molar-refractivity contribution < 1.29 is 24.0 Å². The SMILES string of the molecule is COC(=O)CCc1cnc([C@@H]2CCCN2OCC(=O)Cc2cc(Cl)c(NC(=O)c3cn(C)c4ccccc34)cc2Cl)s1. The molecule has 4 aromatic rings. The Kier molecular flexibility index (Phi) is 9.60. The number of amides is 1. The van der Waals surface area contributed by atoms with Gasteiger partial charge in [-0.15, -0.1) is 11.3 Å². The van der Waals surface area contributed by atoms with Gasteiger partial charge in [0.25, 0.3) is 5.91 Å². The zero-order valence-electron chi connectivity index (χ0n) is 23.2. The number of hydroxylamine groups is 2. The Labute approximate surface area is 257 Å². The van der Waals surface area contributed by atoms with Gasteiger partial charge in [-0.2, -0.15) is 5.06 Å². The Balaban J connectivity index is 1.17. The summed E-state index contributed by atoms with van der Waals surface area (Å²) < 4.78 is 6.60. The number of ketones is 1. The van der Waals surface area contributed by atoms with Crippen LogP contribution in [0.4, 0.5) is 5.69 Å². The van der Waals surface area contributed by atoms with E-state index in [-0.39, 0.29) is 41.8 Å². The standard InChI is InChI=1S/C30H30Cl2N4O5S/c1-35-16-22(21-6-3-4-7-26(21)35)29(39)34-25-14-23(31)18(13-24(25)32)12-19(37)17-41-36-11-5-8-27(36)30-33-15-20(42-30)9-10-28(38)40-2/h3-4,6-7,13-16,27H,5,8-12,17H2,1-2H3,(H,34,39)/t27-/m0/s1. The van der Waals surface area contributed by atoms with Crippen molar-refractivity contribution in [3.05, 3.63) is 79.8 Å². The lowest BCUT2D eigenvalue weighted by Crippen LogP contribution is -2.27. The molecule has 9 nitrogen and oxygen atoms in total. The summed E-state index contributed by atoms with van der Waals surface area (Å²) in [6.07, 6.45) is 6.25. The lowest BCUT2D eigenvalue weighted by Gasteiger charge is -2.21. The number of esters is 1. The summed E-state index contributed by atoms with van der Waals surface area (Å²) in [7, 11) is 3.26. The van der Waals surface area contributed by atoms with Crippen LogP contribution < -0.4 is 5.32 Å². The van der Waals surface area contributed by atoms with Crippen molar-refractivity contribution in [2.45, 2.75) is 38.1 Å². The molecule has 1 saturated heterocycles. The number of carbonyl (C=O) groups is 3. The summed E-state index contributed by atoms with van der Waals surface area (Å²) in [5, 5.41) is 6.98. The van der Waals surface area contributed by atoms with Crippen molar-refractivity contribution in [3.8, 4) is 0 Å². The summed E-state index contributed by atoms with van der Waals surface area (Å²) in [5.41, 5.74) is 2.37. The largest absolute Gasteiger partial charge is 0.469 e. The van der Waals surface area contributed by atoms with Crippen molar-refractivity contribution in [1.82, 2.24) is 14.6 Å². The molecule has 1 atom stereocenters. The molecule has 0 aliphatic carbocycles. The first-order valence-corrected chi connectivity index (χ1v) is 15.1. The normalized spacial score (nSPS) is 15.3. The molecule has 42 heavy (non-hydrogen) atoms. The molecule has 0 saturated carbocycles. The van der Waals surface area contributed by atoms with Crippen LogP contribution in [0.5, 0.6) is 0 Å². The fraction of sp³-hybridized carbons (Fsp3) is 0.333. The predicted molar refractivity (Wildman–Crippen MR) is 163 cm³/mol. The number of aryl methyl sites for hydroxylation is 2. The van der Waals surface area contributed by atoms with E-state index >= 15 is 0 Å². The average Bonchev–Trinajstić information content (AvgIpc) is 3.72. The molecule has 0 radical (unpaired) electrons. The van der Waals surface area contributed by atoms with Gasteiger partial charge in [0.15, 0.2) is 5.78 Å². The van der Waals surface area contributed by atoms with Gasteiger partial charge in [0, 0.05) is 53.2 Å². The number of para-hydroxylation sites is 1. The number of ether oxygens (including phenoxy) is 1. The number of fused-ring (bicyclic) bond motifs is 1. The van der Waals surface area contributed by atoms with Crippen LogP contribution in [0.3, 0.4) is 0 Å². The number of anilines is 1. The minimum atomic E-state index is -0.307. The number of hydrogen-bond donors (Lipinski definition) is 1. The summed E-state index contributed by atoms with van der Waals surface area (Å²) >= 11 is 14.5. The minimum Gasteiger partial charge on any atom is -0.469 e. The molecule has 5 rings (SSSR count). The first-order chi connectivity index (χ1) is 20.2. The summed E-state index contributed by atoms with van der Waals surface area (Å²) in [4.78, 5) is 48.8. The van der Waals surface area contributed by atoms with Crippen molar-refractivity contribution in [1.29, 1.82) is 0 Å². The van der Waals surface area contributed by atoms with Gasteiger partial charge >= 0.3 is 5.97 Å². The second-order valence-electron chi connectivity index (χ2n) is 10.1. The van der Waals surface area contributed by atoms with Gasteiger partial charge < -0.3 is 14.6 Å². The second-order valence-corrected chi connectivity index (χ2v) is 12.0. The third-order valence-corrected chi connectivity index (χ3v) is 8.99. The van der Waals surface area contributed by atoms with E-state index in [0.29, 0.717) is 41.2 Å². The number of carbonyl (C=O) groups excluding carboxylic acids is 3. The third kappa shape index (κ3) is 6.85. The number of hydrogen-bond acceptors (Lipinski definition) is 8. The quantitative estimate of drug-likeness (QED) is 0.198. The summed E-state index contributed by atoms with van der Waals surface area (Å²) in [6, 6.07) is 10.8. The summed E-state index contributed by atoms with van der Waals surface area (Å²) in [5.74, 6) is -0.724. The lowest BCUT2D eigenvalue weighted by atomic mass is 10.1. The summed E-state index contributed by atoms with van der Waals surface area (Å²) in [6.45, 7) is 0.567. The molecule has 0 spiro atoms. The number of methoxy groups -OCH3 is 1. The van der Waals surface area contributed by atoms with E-state index < -0.39 is 0 Å². The van der Waals surface area contributed by atoms with E-state index in [9.17, 15) is 14.4 Å². The molecule has 0 unspecified atom stereocenters. The van der Waals surface area contributed by atoms with Gasteiger partial charge in [-0.05, 0) is 43.0 Å². The van der Waals surface area contributed by atoms with E-state index in [2.05, 4.69) is 10.3 Å². The maximum Gasteiger partial charge on any atom is 0.305 e. The molecule has 0 bridgehead atoms. The van der Waals surface area contributed by atoms with Crippen LogP contribution in [0, 0.1) is 0 Å². The number of rotatable bonds is 11. The Morgan fingerprint density at radius 3 is 2.79 bits per heavy atom. The van der Waals surface area contributed by atoms with E-state index in [4.69, 9.17) is 32.8 Å². The highest BCUT2D eigenvalue weighted by molar-refractivity contribution is 7.11. The van der Waals surface area contributed by atoms with Crippen LogP contribution in [-0.4, -0.2) is 52.5 Å². The zero-order valence-corrected chi connectivity index (χ0v) is 25.5. The van der Waals surface area contributed by atoms with Crippen LogP contribution >= 0.6 is 34.5 Å². The molecule has 2 aromatic heterocycles. The molecule has 220 valence electrons. The number of benzene rings is 2. The highest BCUT2D eigenvalue weighted by Crippen LogP contribution is 2.35. The number of Topliss-reactive ketones (excluding diaryl/α,β-unsaturated/α-hetero) is 1. The molecule has 1 aliphatic rings. The van der Waals surface area contributed by atoms with Gasteiger partial charge in [0.1, 0.15) is 11.6 Å². The molecule has 1 aliphatic heterocycles. The van der Waals surface area contributed by atoms with Gasteiger partial charge in [-0.3, -0.25) is 19.2 Å².